The minimum absolute atomic E-state index is 0.0980. The van der Waals surface area contributed by atoms with Crippen molar-refractivity contribution in [2.45, 2.75) is 3.98 Å². The third-order valence-electron chi connectivity index (χ3n) is 0.756. The first-order chi connectivity index (χ1) is 3.72. The van der Waals surface area contributed by atoms with Crippen LogP contribution in [0.4, 0.5) is 4.39 Å². The fourth-order valence-electron chi connectivity index (χ4n) is 0.202. The molecular formula is C4H7FNOPb. The van der Waals surface area contributed by atoms with Crippen molar-refractivity contribution in [1.82, 2.24) is 4.90 Å². The molecule has 0 N–H and O–H groups in total. The van der Waals surface area contributed by atoms with E-state index in [1.807, 2.05) is 0 Å². The summed E-state index contributed by atoms with van der Waals surface area (Å²) in [6, 6.07) is 0. The third kappa shape index (κ3) is 2.59. The average Bonchev–Trinajstić information content (AvgIpc) is 1.84. The predicted octanol–water partition coefficient (Wildman–Crippen LogP) is -0.0414. The number of hydrogen-bond donors (Lipinski definition) is 0. The first-order valence-electron chi connectivity index (χ1n) is 2.17. The van der Waals surface area contributed by atoms with Crippen LogP contribution < -0.4 is 0 Å². The van der Waals surface area contributed by atoms with Gasteiger partial charge in [0.25, 0.3) is 0 Å². The Morgan fingerprint density at radius 2 is 2.38 bits per heavy atom. The summed E-state index contributed by atoms with van der Waals surface area (Å²) in [6.45, 7) is -0.666. The van der Waals surface area contributed by atoms with Crippen molar-refractivity contribution in [1.29, 1.82) is 0 Å². The van der Waals surface area contributed by atoms with E-state index in [0.29, 0.717) is 3.98 Å². The second-order valence-electron chi connectivity index (χ2n) is 1.39. The van der Waals surface area contributed by atoms with Crippen molar-refractivity contribution in [2.24, 2.45) is 0 Å². The molecule has 8 heavy (non-hydrogen) atoms. The summed E-state index contributed by atoms with van der Waals surface area (Å²) in [5.74, 6) is -0.0980. The fourth-order valence-corrected chi connectivity index (χ4v) is 1.25. The molecule has 2 nitrogen and oxygen atoms in total. The zero-order valence-corrected chi connectivity index (χ0v) is 8.54. The molecule has 0 fully saturated rings. The van der Waals surface area contributed by atoms with Gasteiger partial charge in [-0.2, -0.15) is 0 Å². The standard InChI is InChI=1S/C4H7FNO.Pb/c1-4(7)6(2)3-5;/h1,3H2,2H3;. The van der Waals surface area contributed by atoms with E-state index >= 15 is 0 Å². The van der Waals surface area contributed by atoms with Crippen LogP contribution in [0, 0.1) is 0 Å². The van der Waals surface area contributed by atoms with Crippen molar-refractivity contribution in [3.05, 3.63) is 0 Å². The molecule has 1 amide bonds. The van der Waals surface area contributed by atoms with E-state index in [9.17, 15) is 9.18 Å². The molecule has 0 atom stereocenters. The number of amides is 1. The van der Waals surface area contributed by atoms with Crippen LogP contribution in [-0.2, 0) is 4.79 Å². The van der Waals surface area contributed by atoms with Crippen LogP contribution in [0.2, 0.25) is 3.98 Å². The van der Waals surface area contributed by atoms with Gasteiger partial charge in [-0.15, -0.1) is 0 Å². The molecule has 0 bridgehead atoms. The van der Waals surface area contributed by atoms with Crippen LogP contribution in [0.25, 0.3) is 0 Å². The van der Waals surface area contributed by atoms with Gasteiger partial charge in [-0.25, -0.2) is 0 Å². The monoisotopic (exact) mass is 312 g/mol. The molecule has 3 radical (unpaired) electrons. The Bertz CT molecular complexity index is 88.1. The zero-order valence-electron chi connectivity index (χ0n) is 4.65. The van der Waals surface area contributed by atoms with Crippen LogP contribution in [-0.4, -0.2) is 50.4 Å². The number of carbonyl (C=O) groups excluding carboxylic acids is 1. The summed E-state index contributed by atoms with van der Waals surface area (Å²) in [5.41, 5.74) is 0. The number of hydrogen-bond acceptors (Lipinski definition) is 1. The van der Waals surface area contributed by atoms with E-state index < -0.39 is 6.80 Å². The Morgan fingerprint density at radius 1 is 1.88 bits per heavy atom. The van der Waals surface area contributed by atoms with Crippen molar-refractivity contribution < 1.29 is 9.18 Å². The van der Waals surface area contributed by atoms with Crippen LogP contribution in [0.1, 0.15) is 0 Å². The molecule has 0 saturated heterocycles. The summed E-state index contributed by atoms with van der Waals surface area (Å²) in [5, 5.41) is 0. The Labute approximate surface area is 63.7 Å². The van der Waals surface area contributed by atoms with E-state index in [1.165, 1.54) is 7.05 Å². The second kappa shape index (κ2) is 4.23. The number of alkyl halides is 1. The Hall–Kier alpha value is 0.322. The van der Waals surface area contributed by atoms with Gasteiger partial charge in [0.15, 0.2) is 0 Å². The maximum atomic E-state index is 11.5. The number of nitrogens with zero attached hydrogens (tertiary/aromatic N) is 1. The zero-order chi connectivity index (χ0) is 6.57. The number of rotatable bonds is 2. The van der Waals surface area contributed by atoms with Gasteiger partial charge in [-0.3, -0.25) is 0 Å². The van der Waals surface area contributed by atoms with Gasteiger partial charge in [0.2, 0.25) is 0 Å². The number of halogens is 1. The average molecular weight is 311 g/mol. The van der Waals surface area contributed by atoms with Crippen molar-refractivity contribution >= 4 is 31.7 Å². The van der Waals surface area contributed by atoms with Gasteiger partial charge in [0.1, 0.15) is 0 Å². The van der Waals surface area contributed by atoms with Crippen molar-refractivity contribution in [2.75, 3.05) is 13.8 Å². The van der Waals surface area contributed by atoms with E-state index in [2.05, 4.69) is 0 Å². The first-order valence-corrected chi connectivity index (χ1v) is 4.91. The minimum atomic E-state index is -0.666. The molecule has 0 aliphatic heterocycles. The molecule has 45 valence electrons. The van der Waals surface area contributed by atoms with Gasteiger partial charge in [-0.05, 0) is 0 Å². The summed E-state index contributed by atoms with van der Waals surface area (Å²) in [7, 11) is 1.46. The van der Waals surface area contributed by atoms with Crippen LogP contribution in [0.15, 0.2) is 0 Å². The molecule has 0 spiro atoms. The molecule has 0 aromatic heterocycles. The number of carbonyl (C=O) groups is 1. The summed E-state index contributed by atoms with van der Waals surface area (Å²) < 4.78 is 12.1. The molecule has 0 saturated carbocycles. The predicted molar refractivity (Wildman–Crippen MR) is 29.3 cm³/mol. The topological polar surface area (TPSA) is 20.3 Å². The Kier molecular flexibility index (Phi) is 4.40. The van der Waals surface area contributed by atoms with Gasteiger partial charge < -0.3 is 0 Å². The summed E-state index contributed by atoms with van der Waals surface area (Å²) >= 11 is 0.817. The molecule has 0 aliphatic carbocycles. The molecule has 0 aromatic rings. The van der Waals surface area contributed by atoms with E-state index in [-0.39, 0.29) is 5.91 Å². The molecule has 0 unspecified atom stereocenters. The molecular weight excluding hydrogens is 304 g/mol. The van der Waals surface area contributed by atoms with Crippen LogP contribution in [0.5, 0.6) is 0 Å². The Balaban J connectivity index is 3.46. The molecule has 0 aromatic carbocycles. The van der Waals surface area contributed by atoms with Gasteiger partial charge >= 0.3 is 63.6 Å². The molecule has 4 heteroatoms. The van der Waals surface area contributed by atoms with Crippen LogP contribution >= 0.6 is 0 Å². The second-order valence-corrected chi connectivity index (χ2v) is 2.76. The fraction of sp³-hybridized carbons (Fsp3) is 0.750. The van der Waals surface area contributed by atoms with Gasteiger partial charge in [0.05, 0.1) is 0 Å². The van der Waals surface area contributed by atoms with Crippen molar-refractivity contribution in [3.8, 4) is 0 Å². The maximum absolute atomic E-state index is 11.5. The Morgan fingerprint density at radius 3 is 2.50 bits per heavy atom. The SMILES string of the molecule is CN(CF)C(=O)[CH2][Pb]. The van der Waals surface area contributed by atoms with Crippen LogP contribution in [0.3, 0.4) is 0 Å². The molecule has 0 aliphatic rings. The summed E-state index contributed by atoms with van der Waals surface area (Å²) in [6.07, 6.45) is 0. The van der Waals surface area contributed by atoms with Gasteiger partial charge in [-0.1, -0.05) is 0 Å². The molecule has 0 rings (SSSR count). The molecule has 0 heterocycles. The van der Waals surface area contributed by atoms with E-state index in [1.54, 1.807) is 0 Å². The third-order valence-corrected chi connectivity index (χ3v) is 1.93. The normalized spacial score (nSPS) is 8.88. The van der Waals surface area contributed by atoms with Crippen molar-refractivity contribution in [3.63, 3.8) is 0 Å². The first kappa shape index (κ1) is 8.32. The van der Waals surface area contributed by atoms with E-state index in [0.717, 1.165) is 30.7 Å². The summed E-state index contributed by atoms with van der Waals surface area (Å²) in [4.78, 5) is 11.5. The van der Waals surface area contributed by atoms with E-state index in [4.69, 9.17) is 0 Å². The van der Waals surface area contributed by atoms with Gasteiger partial charge in [0, 0.05) is 0 Å². The quantitative estimate of drug-likeness (QED) is 0.518.